The van der Waals surface area contributed by atoms with Gasteiger partial charge in [0.15, 0.2) is 0 Å². The van der Waals surface area contributed by atoms with Crippen molar-refractivity contribution in [3.05, 3.63) is 35.9 Å². The number of alkyl halides is 1. The number of halogens is 1. The van der Waals surface area contributed by atoms with Crippen LogP contribution in [0.15, 0.2) is 30.3 Å². The normalized spacial score (nSPS) is 12.1. The van der Waals surface area contributed by atoms with Crippen LogP contribution in [-0.2, 0) is 11.2 Å². The van der Waals surface area contributed by atoms with Gasteiger partial charge in [0, 0.05) is 6.54 Å². The minimum Gasteiger partial charge on any atom is -0.355 e. The predicted octanol–water partition coefficient (Wildman–Crippen LogP) is 1.97. The average molecular weight is 212 g/mol. The summed E-state index contributed by atoms with van der Waals surface area (Å²) in [4.78, 5) is 11.3. The molecule has 3 heteroatoms. The van der Waals surface area contributed by atoms with Crippen molar-refractivity contribution >= 4 is 17.5 Å². The summed E-state index contributed by atoms with van der Waals surface area (Å²) in [5.74, 6) is -0.0991. The molecule has 0 heterocycles. The Morgan fingerprint density at radius 3 is 2.64 bits per heavy atom. The van der Waals surface area contributed by atoms with Crippen molar-refractivity contribution in [3.8, 4) is 0 Å². The molecule has 0 aliphatic rings. The molecule has 14 heavy (non-hydrogen) atoms. The van der Waals surface area contributed by atoms with Crippen LogP contribution in [-0.4, -0.2) is 17.8 Å². The van der Waals surface area contributed by atoms with E-state index in [4.69, 9.17) is 11.6 Å². The van der Waals surface area contributed by atoms with E-state index in [0.29, 0.717) is 13.0 Å². The molecule has 2 nitrogen and oxygen atoms in total. The maximum atomic E-state index is 11.3. The Morgan fingerprint density at radius 2 is 2.07 bits per heavy atom. The van der Waals surface area contributed by atoms with E-state index >= 15 is 0 Å². The summed E-state index contributed by atoms with van der Waals surface area (Å²) < 4.78 is 0. The first kappa shape index (κ1) is 11.1. The zero-order valence-corrected chi connectivity index (χ0v) is 8.92. The first-order chi connectivity index (χ1) is 6.74. The Bertz CT molecular complexity index is 287. The molecule has 0 saturated carbocycles. The Hall–Kier alpha value is -1.02. The van der Waals surface area contributed by atoms with Crippen molar-refractivity contribution in [1.82, 2.24) is 5.32 Å². The molecule has 1 atom stereocenters. The molecule has 0 spiro atoms. The van der Waals surface area contributed by atoms with Crippen LogP contribution < -0.4 is 5.32 Å². The molecule has 76 valence electrons. The quantitative estimate of drug-likeness (QED) is 0.759. The topological polar surface area (TPSA) is 29.1 Å². The van der Waals surface area contributed by atoms with Gasteiger partial charge in [0.1, 0.15) is 5.38 Å². The average Bonchev–Trinajstić information content (AvgIpc) is 2.19. The first-order valence-corrected chi connectivity index (χ1v) is 5.13. The Kier molecular flexibility index (Phi) is 4.47. The Labute approximate surface area is 89.3 Å². The van der Waals surface area contributed by atoms with Crippen LogP contribution in [0.25, 0.3) is 0 Å². The predicted molar refractivity (Wildman–Crippen MR) is 58.5 cm³/mol. The van der Waals surface area contributed by atoms with Gasteiger partial charge in [0.25, 0.3) is 0 Å². The van der Waals surface area contributed by atoms with Crippen molar-refractivity contribution in [2.45, 2.75) is 18.7 Å². The molecule has 1 rings (SSSR count). The SMILES string of the molecule is CCNC(=O)C(Cl)Cc1ccccc1. The number of amides is 1. The van der Waals surface area contributed by atoms with E-state index in [1.807, 2.05) is 37.3 Å². The van der Waals surface area contributed by atoms with Gasteiger partial charge in [-0.15, -0.1) is 11.6 Å². The molecular weight excluding hydrogens is 198 g/mol. The second kappa shape index (κ2) is 5.66. The molecule has 0 fully saturated rings. The fourth-order valence-electron chi connectivity index (χ4n) is 1.20. The van der Waals surface area contributed by atoms with Crippen LogP contribution in [0.5, 0.6) is 0 Å². The van der Waals surface area contributed by atoms with Crippen LogP contribution in [0.3, 0.4) is 0 Å². The smallest absolute Gasteiger partial charge is 0.238 e. The van der Waals surface area contributed by atoms with Gasteiger partial charge in [-0.3, -0.25) is 4.79 Å². The highest BCUT2D eigenvalue weighted by Gasteiger charge is 2.14. The summed E-state index contributed by atoms with van der Waals surface area (Å²) in [5, 5.41) is 2.22. The van der Waals surface area contributed by atoms with E-state index < -0.39 is 5.38 Å². The Morgan fingerprint density at radius 1 is 1.43 bits per heavy atom. The molecule has 0 aliphatic carbocycles. The highest BCUT2D eigenvalue weighted by molar-refractivity contribution is 6.30. The molecule has 1 N–H and O–H groups in total. The summed E-state index contributed by atoms with van der Waals surface area (Å²) in [7, 11) is 0. The van der Waals surface area contributed by atoms with E-state index in [-0.39, 0.29) is 5.91 Å². The number of benzene rings is 1. The van der Waals surface area contributed by atoms with Crippen molar-refractivity contribution in [1.29, 1.82) is 0 Å². The number of hydrogen-bond donors (Lipinski definition) is 1. The molecular formula is C11H14ClNO. The maximum absolute atomic E-state index is 11.3. The standard InChI is InChI=1S/C11H14ClNO/c1-2-13-11(14)10(12)8-9-6-4-3-5-7-9/h3-7,10H,2,8H2,1H3,(H,13,14). The lowest BCUT2D eigenvalue weighted by atomic mass is 10.1. The van der Waals surface area contributed by atoms with Gasteiger partial charge in [0.2, 0.25) is 5.91 Å². The summed E-state index contributed by atoms with van der Waals surface area (Å²) in [6.45, 7) is 2.50. The zero-order valence-electron chi connectivity index (χ0n) is 8.16. The molecule has 1 aromatic carbocycles. The molecule has 1 amide bonds. The van der Waals surface area contributed by atoms with Crippen LogP contribution in [0, 0.1) is 0 Å². The van der Waals surface area contributed by atoms with Gasteiger partial charge >= 0.3 is 0 Å². The van der Waals surface area contributed by atoms with Crippen LogP contribution in [0.1, 0.15) is 12.5 Å². The van der Waals surface area contributed by atoms with Gasteiger partial charge < -0.3 is 5.32 Å². The van der Waals surface area contributed by atoms with E-state index in [1.54, 1.807) is 0 Å². The monoisotopic (exact) mass is 211 g/mol. The van der Waals surface area contributed by atoms with Gasteiger partial charge in [-0.25, -0.2) is 0 Å². The number of nitrogens with one attached hydrogen (secondary N) is 1. The van der Waals surface area contributed by atoms with Gasteiger partial charge in [-0.2, -0.15) is 0 Å². The number of rotatable bonds is 4. The number of carbonyl (C=O) groups excluding carboxylic acids is 1. The molecule has 0 aromatic heterocycles. The van der Waals surface area contributed by atoms with E-state index in [1.165, 1.54) is 0 Å². The van der Waals surface area contributed by atoms with Crippen molar-refractivity contribution in [3.63, 3.8) is 0 Å². The minimum atomic E-state index is -0.475. The maximum Gasteiger partial charge on any atom is 0.238 e. The second-order valence-electron chi connectivity index (χ2n) is 3.05. The van der Waals surface area contributed by atoms with Crippen molar-refractivity contribution < 1.29 is 4.79 Å². The molecule has 0 saturated heterocycles. The van der Waals surface area contributed by atoms with Crippen LogP contribution in [0.2, 0.25) is 0 Å². The van der Waals surface area contributed by atoms with Gasteiger partial charge in [-0.1, -0.05) is 30.3 Å². The molecule has 1 unspecified atom stereocenters. The number of carbonyl (C=O) groups is 1. The lowest BCUT2D eigenvalue weighted by Gasteiger charge is -2.08. The fraction of sp³-hybridized carbons (Fsp3) is 0.364. The van der Waals surface area contributed by atoms with Gasteiger partial charge in [0.05, 0.1) is 0 Å². The number of hydrogen-bond acceptors (Lipinski definition) is 1. The largest absolute Gasteiger partial charge is 0.355 e. The molecule has 0 aliphatic heterocycles. The third kappa shape index (κ3) is 3.38. The lowest BCUT2D eigenvalue weighted by Crippen LogP contribution is -2.32. The summed E-state index contributed by atoms with van der Waals surface area (Å²) in [6, 6.07) is 9.76. The molecule has 0 bridgehead atoms. The third-order valence-corrected chi connectivity index (χ3v) is 2.25. The first-order valence-electron chi connectivity index (χ1n) is 4.69. The fourth-order valence-corrected chi connectivity index (χ4v) is 1.45. The van der Waals surface area contributed by atoms with E-state index in [0.717, 1.165) is 5.56 Å². The van der Waals surface area contributed by atoms with E-state index in [9.17, 15) is 4.79 Å². The van der Waals surface area contributed by atoms with Crippen molar-refractivity contribution in [2.75, 3.05) is 6.54 Å². The second-order valence-corrected chi connectivity index (χ2v) is 3.58. The lowest BCUT2D eigenvalue weighted by molar-refractivity contribution is -0.120. The minimum absolute atomic E-state index is 0.0991. The summed E-state index contributed by atoms with van der Waals surface area (Å²) in [5.41, 5.74) is 1.08. The van der Waals surface area contributed by atoms with Gasteiger partial charge in [-0.05, 0) is 18.9 Å². The summed E-state index contributed by atoms with van der Waals surface area (Å²) in [6.07, 6.45) is 0.578. The van der Waals surface area contributed by atoms with Crippen LogP contribution >= 0.6 is 11.6 Å². The molecule has 1 aromatic rings. The third-order valence-electron chi connectivity index (χ3n) is 1.89. The van der Waals surface area contributed by atoms with Crippen molar-refractivity contribution in [2.24, 2.45) is 0 Å². The highest BCUT2D eigenvalue weighted by Crippen LogP contribution is 2.07. The molecule has 0 radical (unpaired) electrons. The van der Waals surface area contributed by atoms with E-state index in [2.05, 4.69) is 5.32 Å². The highest BCUT2D eigenvalue weighted by atomic mass is 35.5. The Balaban J connectivity index is 2.49. The van der Waals surface area contributed by atoms with Crippen LogP contribution in [0.4, 0.5) is 0 Å². The summed E-state index contributed by atoms with van der Waals surface area (Å²) >= 11 is 5.93. The zero-order chi connectivity index (χ0) is 10.4.